The van der Waals surface area contributed by atoms with Crippen molar-refractivity contribution in [3.8, 4) is 0 Å². The maximum atomic E-state index is 10.9. The summed E-state index contributed by atoms with van der Waals surface area (Å²) in [5, 5.41) is 0.134. The maximum absolute atomic E-state index is 10.9. The van der Waals surface area contributed by atoms with Crippen LogP contribution in [0.2, 0.25) is 0 Å². The second-order valence-corrected chi connectivity index (χ2v) is 4.86. The summed E-state index contributed by atoms with van der Waals surface area (Å²) in [6, 6.07) is 0. The molecule has 0 N–H and O–H groups in total. The minimum absolute atomic E-state index is 0.0383. The molecule has 2 heteroatoms. The largest absolute Gasteiger partial charge is 0.282 e. The molecule has 10 heavy (non-hydrogen) atoms. The molecule has 0 radical (unpaired) electrons. The Hall–Kier alpha value is -0.240. The highest BCUT2D eigenvalue weighted by Gasteiger charge is 2.13. The molecule has 0 saturated carbocycles. The molecule has 0 heterocycles. The third-order valence-corrected chi connectivity index (χ3v) is 1.66. The molecule has 0 rings (SSSR count). The number of carbonyl (C=O) groups excluding carboxylic acids is 1. The van der Waals surface area contributed by atoms with Crippen LogP contribution in [0.15, 0.2) is 12.2 Å². The summed E-state index contributed by atoms with van der Waals surface area (Å²) in [4.78, 5) is 10.9. The van der Waals surface area contributed by atoms with Gasteiger partial charge in [0.05, 0.1) is 0 Å². The van der Waals surface area contributed by atoms with Crippen molar-refractivity contribution in [3.05, 3.63) is 12.2 Å². The SMILES string of the molecule is C/C=C/C(=O)SC(C)(C)C. The highest BCUT2D eigenvalue weighted by Crippen LogP contribution is 2.23. The van der Waals surface area contributed by atoms with Crippen molar-refractivity contribution in [3.63, 3.8) is 0 Å². The predicted octanol–water partition coefficient (Wildman–Crippen LogP) is 2.62. The zero-order valence-electron chi connectivity index (χ0n) is 6.97. The van der Waals surface area contributed by atoms with Gasteiger partial charge >= 0.3 is 0 Å². The van der Waals surface area contributed by atoms with Crippen LogP contribution in [0.5, 0.6) is 0 Å². The summed E-state index contributed by atoms with van der Waals surface area (Å²) in [6.45, 7) is 7.93. The highest BCUT2D eigenvalue weighted by atomic mass is 32.2. The standard InChI is InChI=1S/C8H14OS/c1-5-6-7(9)10-8(2,3)4/h5-6H,1-4H3/b6-5+. The summed E-state index contributed by atoms with van der Waals surface area (Å²) >= 11 is 1.36. The van der Waals surface area contributed by atoms with Gasteiger partial charge in [0.25, 0.3) is 0 Å². The van der Waals surface area contributed by atoms with E-state index in [4.69, 9.17) is 0 Å². The van der Waals surface area contributed by atoms with Gasteiger partial charge in [0.2, 0.25) is 5.12 Å². The van der Waals surface area contributed by atoms with E-state index in [2.05, 4.69) is 0 Å². The topological polar surface area (TPSA) is 17.1 Å². The molecule has 0 amide bonds. The van der Waals surface area contributed by atoms with Crippen molar-refractivity contribution in [2.45, 2.75) is 32.4 Å². The zero-order chi connectivity index (χ0) is 8.20. The lowest BCUT2D eigenvalue weighted by Crippen LogP contribution is -2.10. The fourth-order valence-corrected chi connectivity index (χ4v) is 1.28. The molecule has 0 aromatic heterocycles. The van der Waals surface area contributed by atoms with Crippen molar-refractivity contribution in [1.29, 1.82) is 0 Å². The van der Waals surface area contributed by atoms with Gasteiger partial charge in [-0.3, -0.25) is 4.79 Å². The lowest BCUT2D eigenvalue weighted by Gasteiger charge is -2.13. The average molecular weight is 158 g/mol. The van der Waals surface area contributed by atoms with Crippen LogP contribution in [0.4, 0.5) is 0 Å². The molecule has 0 saturated heterocycles. The Bertz CT molecular complexity index is 142. The van der Waals surface area contributed by atoms with Crippen molar-refractivity contribution in [2.75, 3.05) is 0 Å². The van der Waals surface area contributed by atoms with E-state index in [1.54, 1.807) is 12.2 Å². The van der Waals surface area contributed by atoms with Gasteiger partial charge in [0.1, 0.15) is 0 Å². The summed E-state index contributed by atoms with van der Waals surface area (Å²) in [6.07, 6.45) is 3.36. The smallest absolute Gasteiger partial charge is 0.212 e. The second kappa shape index (κ2) is 3.81. The van der Waals surface area contributed by atoms with E-state index >= 15 is 0 Å². The van der Waals surface area contributed by atoms with E-state index in [1.165, 1.54) is 11.8 Å². The Balaban J connectivity index is 3.81. The minimum Gasteiger partial charge on any atom is -0.282 e. The van der Waals surface area contributed by atoms with Crippen LogP contribution in [0.3, 0.4) is 0 Å². The van der Waals surface area contributed by atoms with Gasteiger partial charge in [-0.1, -0.05) is 38.6 Å². The number of hydrogen-bond acceptors (Lipinski definition) is 2. The van der Waals surface area contributed by atoms with Gasteiger partial charge < -0.3 is 0 Å². The average Bonchev–Trinajstić information content (AvgIpc) is 1.59. The van der Waals surface area contributed by atoms with Crippen LogP contribution in [0.25, 0.3) is 0 Å². The predicted molar refractivity (Wildman–Crippen MR) is 47.2 cm³/mol. The zero-order valence-corrected chi connectivity index (χ0v) is 7.79. The van der Waals surface area contributed by atoms with Crippen LogP contribution in [0, 0.1) is 0 Å². The van der Waals surface area contributed by atoms with Crippen molar-refractivity contribution >= 4 is 16.9 Å². The lowest BCUT2D eigenvalue weighted by atomic mass is 10.3. The van der Waals surface area contributed by atoms with Crippen molar-refractivity contribution in [1.82, 2.24) is 0 Å². The Morgan fingerprint density at radius 1 is 1.40 bits per heavy atom. The molecule has 0 spiro atoms. The molecular formula is C8H14OS. The Kier molecular flexibility index (Phi) is 3.72. The van der Waals surface area contributed by atoms with E-state index in [1.807, 2.05) is 27.7 Å². The van der Waals surface area contributed by atoms with Gasteiger partial charge in [-0.25, -0.2) is 0 Å². The molecule has 0 aliphatic heterocycles. The number of hydrogen-bond donors (Lipinski definition) is 0. The van der Waals surface area contributed by atoms with E-state index in [0.717, 1.165) is 0 Å². The van der Waals surface area contributed by atoms with E-state index < -0.39 is 0 Å². The van der Waals surface area contributed by atoms with Gasteiger partial charge in [0.15, 0.2) is 0 Å². The van der Waals surface area contributed by atoms with E-state index in [-0.39, 0.29) is 9.86 Å². The van der Waals surface area contributed by atoms with Gasteiger partial charge in [0, 0.05) is 4.75 Å². The quantitative estimate of drug-likeness (QED) is 0.546. The summed E-state index contributed by atoms with van der Waals surface area (Å²) in [7, 11) is 0. The molecule has 0 unspecified atom stereocenters. The molecule has 0 aliphatic rings. The third kappa shape index (κ3) is 5.89. The maximum Gasteiger partial charge on any atom is 0.212 e. The molecule has 0 aromatic carbocycles. The molecule has 1 nitrogen and oxygen atoms in total. The van der Waals surface area contributed by atoms with Gasteiger partial charge in [-0.2, -0.15) is 0 Å². The van der Waals surface area contributed by atoms with Crippen molar-refractivity contribution < 1.29 is 4.79 Å². The summed E-state index contributed by atoms with van der Waals surface area (Å²) in [5.74, 6) is 0. The molecule has 0 aliphatic carbocycles. The van der Waals surface area contributed by atoms with Crippen LogP contribution < -0.4 is 0 Å². The number of carbonyl (C=O) groups is 1. The first-order valence-corrected chi connectivity index (χ1v) is 4.13. The fraction of sp³-hybridized carbons (Fsp3) is 0.625. The molecular weight excluding hydrogens is 144 g/mol. The Morgan fingerprint density at radius 3 is 2.20 bits per heavy atom. The monoisotopic (exact) mass is 158 g/mol. The van der Waals surface area contributed by atoms with Crippen LogP contribution in [-0.2, 0) is 4.79 Å². The van der Waals surface area contributed by atoms with Crippen LogP contribution >= 0.6 is 11.8 Å². The first-order chi connectivity index (χ1) is 4.45. The minimum atomic E-state index is 0.0383. The Morgan fingerprint density at radius 2 is 1.90 bits per heavy atom. The molecule has 0 atom stereocenters. The third-order valence-electron chi connectivity index (χ3n) is 0.710. The highest BCUT2D eigenvalue weighted by molar-refractivity contribution is 8.15. The number of rotatable bonds is 1. The number of thioether (sulfide) groups is 1. The molecule has 0 bridgehead atoms. The first kappa shape index (κ1) is 9.76. The summed E-state index contributed by atoms with van der Waals surface area (Å²) in [5.41, 5.74) is 0. The van der Waals surface area contributed by atoms with E-state index in [0.29, 0.717) is 0 Å². The van der Waals surface area contributed by atoms with Gasteiger partial charge in [-0.15, -0.1) is 0 Å². The van der Waals surface area contributed by atoms with Crippen LogP contribution in [0.1, 0.15) is 27.7 Å². The summed E-state index contributed by atoms with van der Waals surface area (Å²) < 4.78 is 0.0383. The van der Waals surface area contributed by atoms with Gasteiger partial charge in [-0.05, 0) is 13.0 Å². The number of allylic oxidation sites excluding steroid dienone is 1. The van der Waals surface area contributed by atoms with Crippen molar-refractivity contribution in [2.24, 2.45) is 0 Å². The lowest BCUT2D eigenvalue weighted by molar-refractivity contribution is -0.107. The fourth-order valence-electron chi connectivity index (χ4n) is 0.472. The van der Waals surface area contributed by atoms with E-state index in [9.17, 15) is 4.79 Å². The molecule has 58 valence electrons. The molecule has 0 aromatic rings. The van der Waals surface area contributed by atoms with Crippen LogP contribution in [-0.4, -0.2) is 9.86 Å². The normalized spacial score (nSPS) is 12.4. The molecule has 0 fully saturated rings. The Labute approximate surface area is 66.9 Å². The first-order valence-electron chi connectivity index (χ1n) is 3.31. The second-order valence-electron chi connectivity index (χ2n) is 3.03.